The second-order valence-electron chi connectivity index (χ2n) is 5.53. The van der Waals surface area contributed by atoms with Crippen molar-refractivity contribution in [2.24, 2.45) is 0 Å². The van der Waals surface area contributed by atoms with E-state index in [1.165, 1.54) is 0 Å². The van der Waals surface area contributed by atoms with Gasteiger partial charge in [0.05, 0.1) is 0 Å². The molecular formula is C20H15F2Si. The normalized spacial score (nSPS) is 10.8. The van der Waals surface area contributed by atoms with E-state index in [0.29, 0.717) is 11.1 Å². The van der Waals surface area contributed by atoms with E-state index < -0.39 is 11.6 Å². The summed E-state index contributed by atoms with van der Waals surface area (Å²) < 4.78 is 29.0. The Labute approximate surface area is 138 Å². The van der Waals surface area contributed by atoms with E-state index in [-0.39, 0.29) is 11.1 Å². The summed E-state index contributed by atoms with van der Waals surface area (Å²) in [6.45, 7) is 1.96. The van der Waals surface area contributed by atoms with Gasteiger partial charge < -0.3 is 0 Å². The van der Waals surface area contributed by atoms with Gasteiger partial charge in [0.2, 0.25) is 0 Å². The highest BCUT2D eigenvalue weighted by Crippen LogP contribution is 2.31. The molecule has 0 fully saturated rings. The highest BCUT2D eigenvalue weighted by molar-refractivity contribution is 6.08. The van der Waals surface area contributed by atoms with Crippen LogP contribution in [0.4, 0.5) is 8.78 Å². The maximum atomic E-state index is 14.5. The van der Waals surface area contributed by atoms with Crippen molar-refractivity contribution in [3.05, 3.63) is 83.4 Å². The largest absolute Gasteiger partial charge is 0.203 e. The first-order valence-corrected chi connectivity index (χ1v) is 8.10. The highest BCUT2D eigenvalue weighted by Gasteiger charge is 2.15. The molecule has 0 atom stereocenters. The lowest BCUT2D eigenvalue weighted by molar-refractivity contribution is 0.514. The van der Waals surface area contributed by atoms with Crippen LogP contribution in [0.5, 0.6) is 0 Å². The van der Waals surface area contributed by atoms with Gasteiger partial charge in [0.25, 0.3) is 0 Å². The van der Waals surface area contributed by atoms with Crippen LogP contribution in [0.2, 0.25) is 0 Å². The predicted molar refractivity (Wildman–Crippen MR) is 91.4 cm³/mol. The third-order valence-electron chi connectivity index (χ3n) is 3.91. The molecule has 3 heteroatoms. The minimum absolute atomic E-state index is 0.277. The van der Waals surface area contributed by atoms with Gasteiger partial charge >= 0.3 is 0 Å². The summed E-state index contributed by atoms with van der Waals surface area (Å²) in [6, 6.07) is 18.8. The molecule has 0 unspecified atom stereocenters. The average molecular weight is 321 g/mol. The highest BCUT2D eigenvalue weighted by atomic mass is 28.1. The third kappa shape index (κ3) is 3.10. The standard InChI is InChI=1S/C20H15F2Si/c1-13-2-6-15(7-3-13)17-10-11-18(20(22)19(17)21)16-8-4-14(12-23)5-9-16/h2-11H,12H2,1H3. The minimum atomic E-state index is -0.811. The van der Waals surface area contributed by atoms with E-state index in [2.05, 4.69) is 10.2 Å². The molecule has 0 nitrogen and oxygen atoms in total. The summed E-state index contributed by atoms with van der Waals surface area (Å²) in [6.07, 6.45) is 0. The van der Waals surface area contributed by atoms with Gasteiger partial charge in [-0.1, -0.05) is 71.8 Å². The lowest BCUT2D eigenvalue weighted by Gasteiger charge is -2.10. The summed E-state index contributed by atoms with van der Waals surface area (Å²) in [4.78, 5) is 0. The van der Waals surface area contributed by atoms with Crippen LogP contribution in [-0.2, 0) is 6.04 Å². The molecule has 0 aliphatic heterocycles. The lowest BCUT2D eigenvalue weighted by atomic mass is 9.98. The summed E-state index contributed by atoms with van der Waals surface area (Å²) in [5.74, 6) is -1.62. The molecule has 0 heterocycles. The number of rotatable bonds is 3. The number of hydrogen-bond acceptors (Lipinski definition) is 0. The molecule has 3 rings (SSSR count). The maximum Gasteiger partial charge on any atom is 0.167 e. The minimum Gasteiger partial charge on any atom is -0.203 e. The van der Waals surface area contributed by atoms with Crippen LogP contribution in [0, 0.1) is 18.6 Å². The molecule has 0 bridgehead atoms. The monoisotopic (exact) mass is 321 g/mol. The van der Waals surface area contributed by atoms with Crippen molar-refractivity contribution in [2.75, 3.05) is 0 Å². The van der Waals surface area contributed by atoms with E-state index >= 15 is 0 Å². The molecular weight excluding hydrogens is 306 g/mol. The van der Waals surface area contributed by atoms with Crippen LogP contribution < -0.4 is 0 Å². The second-order valence-corrected chi connectivity index (χ2v) is 5.88. The van der Waals surface area contributed by atoms with Gasteiger partial charge in [-0.2, -0.15) is 0 Å². The first-order valence-electron chi connectivity index (χ1n) is 7.39. The quantitative estimate of drug-likeness (QED) is 0.576. The van der Waals surface area contributed by atoms with Crippen molar-refractivity contribution < 1.29 is 8.78 Å². The predicted octanol–water partition coefficient (Wildman–Crippen LogP) is 5.28. The zero-order chi connectivity index (χ0) is 16.4. The van der Waals surface area contributed by atoms with Crippen molar-refractivity contribution >= 4 is 10.2 Å². The molecule has 3 aromatic carbocycles. The summed E-state index contributed by atoms with van der Waals surface area (Å²) >= 11 is 0. The van der Waals surface area contributed by atoms with Gasteiger partial charge in [-0.25, -0.2) is 8.78 Å². The fourth-order valence-electron chi connectivity index (χ4n) is 2.53. The van der Waals surface area contributed by atoms with Gasteiger partial charge in [-0.15, -0.1) is 0 Å². The fraction of sp³-hybridized carbons (Fsp3) is 0.100. The third-order valence-corrected chi connectivity index (χ3v) is 4.32. The van der Waals surface area contributed by atoms with E-state index in [1.54, 1.807) is 36.4 Å². The number of aryl methyl sites for hydroxylation is 1. The van der Waals surface area contributed by atoms with Crippen LogP contribution in [0.15, 0.2) is 60.7 Å². The van der Waals surface area contributed by atoms with Crippen molar-refractivity contribution in [3.8, 4) is 22.3 Å². The Kier molecular flexibility index (Phi) is 4.39. The van der Waals surface area contributed by atoms with Crippen LogP contribution in [0.1, 0.15) is 11.1 Å². The van der Waals surface area contributed by atoms with Crippen LogP contribution in [0.3, 0.4) is 0 Å². The van der Waals surface area contributed by atoms with Crippen molar-refractivity contribution in [3.63, 3.8) is 0 Å². The summed E-state index contributed by atoms with van der Waals surface area (Å²) in [7, 11) is 3.42. The van der Waals surface area contributed by atoms with Gasteiger partial charge in [-0.05, 0) is 24.1 Å². The second kappa shape index (κ2) is 6.47. The van der Waals surface area contributed by atoms with E-state index in [4.69, 9.17) is 0 Å². The molecule has 0 saturated carbocycles. The molecule has 0 aliphatic rings. The molecule has 0 spiro atoms. The SMILES string of the molecule is Cc1ccc(-c2ccc(-c3ccc(C[Si])cc3)c(F)c2F)cc1. The molecule has 0 saturated heterocycles. The molecule has 23 heavy (non-hydrogen) atoms. The van der Waals surface area contributed by atoms with Gasteiger partial charge in [0, 0.05) is 21.4 Å². The van der Waals surface area contributed by atoms with E-state index in [1.807, 2.05) is 31.2 Å². The van der Waals surface area contributed by atoms with Crippen LogP contribution in [0.25, 0.3) is 22.3 Å². The first-order chi connectivity index (χ1) is 11.1. The van der Waals surface area contributed by atoms with E-state index in [9.17, 15) is 8.78 Å². The Hall–Kier alpha value is -2.26. The molecule has 3 radical (unpaired) electrons. The molecule has 0 aliphatic carbocycles. The Morgan fingerprint density at radius 1 is 0.696 bits per heavy atom. The Balaban J connectivity index is 2.04. The van der Waals surface area contributed by atoms with Crippen LogP contribution in [-0.4, -0.2) is 10.2 Å². The molecule has 0 N–H and O–H groups in total. The first kappa shape index (κ1) is 15.6. The van der Waals surface area contributed by atoms with Crippen molar-refractivity contribution in [2.45, 2.75) is 13.0 Å². The van der Waals surface area contributed by atoms with Crippen molar-refractivity contribution in [1.29, 1.82) is 0 Å². The Morgan fingerprint density at radius 2 is 1.13 bits per heavy atom. The fourth-order valence-corrected chi connectivity index (χ4v) is 2.77. The Morgan fingerprint density at radius 3 is 1.57 bits per heavy atom. The molecule has 0 aromatic heterocycles. The molecule has 113 valence electrons. The van der Waals surface area contributed by atoms with Gasteiger partial charge in [0.1, 0.15) is 0 Å². The number of benzene rings is 3. The number of hydrogen-bond donors (Lipinski definition) is 0. The summed E-state index contributed by atoms with van der Waals surface area (Å²) in [5.41, 5.74) is 4.07. The zero-order valence-electron chi connectivity index (χ0n) is 12.7. The zero-order valence-corrected chi connectivity index (χ0v) is 13.7. The lowest BCUT2D eigenvalue weighted by Crippen LogP contribution is -1.94. The van der Waals surface area contributed by atoms with Gasteiger partial charge in [-0.3, -0.25) is 0 Å². The number of halogens is 2. The molecule has 3 aromatic rings. The smallest absolute Gasteiger partial charge is 0.167 e. The van der Waals surface area contributed by atoms with Gasteiger partial charge in [0.15, 0.2) is 11.6 Å². The molecule has 0 amide bonds. The average Bonchev–Trinajstić information content (AvgIpc) is 2.58. The van der Waals surface area contributed by atoms with Crippen molar-refractivity contribution in [1.82, 2.24) is 0 Å². The Bertz CT molecular complexity index is 822. The van der Waals surface area contributed by atoms with Crippen LogP contribution >= 0.6 is 0 Å². The maximum absolute atomic E-state index is 14.5. The summed E-state index contributed by atoms with van der Waals surface area (Å²) in [5, 5.41) is 0. The van der Waals surface area contributed by atoms with E-state index in [0.717, 1.165) is 17.2 Å². The topological polar surface area (TPSA) is 0 Å².